The predicted molar refractivity (Wildman–Crippen MR) is 80.7 cm³/mol. The van der Waals surface area contributed by atoms with Crippen LogP contribution < -0.4 is 5.32 Å². The Bertz CT molecular complexity index is 409. The molecule has 0 radical (unpaired) electrons. The van der Waals surface area contributed by atoms with Gasteiger partial charge in [0.25, 0.3) is 0 Å². The number of hydrogen-bond acceptors (Lipinski definition) is 4. The quantitative estimate of drug-likeness (QED) is 0.742. The molecule has 2 rings (SSSR count). The minimum Gasteiger partial charge on any atom is -0.373 e. The molecule has 0 saturated heterocycles. The van der Waals surface area contributed by atoms with Gasteiger partial charge in [-0.15, -0.1) is 0 Å². The van der Waals surface area contributed by atoms with Gasteiger partial charge in [-0.25, -0.2) is 9.97 Å². The molecule has 0 bridgehead atoms. The van der Waals surface area contributed by atoms with Crippen LogP contribution in [0, 0.1) is 5.92 Å². The van der Waals surface area contributed by atoms with Gasteiger partial charge < -0.3 is 10.1 Å². The molecular weight excluding hydrogens is 250 g/mol. The zero-order chi connectivity index (χ0) is 14.2. The van der Waals surface area contributed by atoms with Gasteiger partial charge in [0.2, 0.25) is 0 Å². The van der Waals surface area contributed by atoms with Gasteiger partial charge in [0.05, 0.1) is 0 Å². The summed E-state index contributed by atoms with van der Waals surface area (Å²) in [7, 11) is 0. The second kappa shape index (κ2) is 8.32. The Hall–Kier alpha value is -1.00. The Labute approximate surface area is 122 Å². The summed E-state index contributed by atoms with van der Waals surface area (Å²) in [4.78, 5) is 9.10. The Balaban J connectivity index is 1.86. The molecule has 1 atom stereocenters. The number of hydrogen-bond donors (Lipinski definition) is 1. The van der Waals surface area contributed by atoms with E-state index in [0.717, 1.165) is 50.7 Å². The first-order chi connectivity index (χ1) is 9.83. The second-order valence-corrected chi connectivity index (χ2v) is 5.62. The summed E-state index contributed by atoms with van der Waals surface area (Å²) in [5.74, 6) is 1.57. The molecule has 0 fully saturated rings. The van der Waals surface area contributed by atoms with Crippen LogP contribution in [-0.4, -0.2) is 29.7 Å². The van der Waals surface area contributed by atoms with Gasteiger partial charge in [-0.3, -0.25) is 0 Å². The van der Waals surface area contributed by atoms with Crippen molar-refractivity contribution in [3.05, 3.63) is 23.3 Å². The molecule has 0 saturated carbocycles. The SMILES string of the molecule is CCCNCC1CCc2nc(COCCC)ncc2C1. The van der Waals surface area contributed by atoms with E-state index in [-0.39, 0.29) is 0 Å². The van der Waals surface area contributed by atoms with Crippen LogP contribution in [0.5, 0.6) is 0 Å². The van der Waals surface area contributed by atoms with Crippen LogP contribution in [0.2, 0.25) is 0 Å². The van der Waals surface area contributed by atoms with Gasteiger partial charge in [0.1, 0.15) is 6.61 Å². The third-order valence-corrected chi connectivity index (χ3v) is 3.74. The lowest BCUT2D eigenvalue weighted by Gasteiger charge is -2.24. The third kappa shape index (κ3) is 4.53. The van der Waals surface area contributed by atoms with Gasteiger partial charge in [0.15, 0.2) is 5.82 Å². The van der Waals surface area contributed by atoms with Crippen molar-refractivity contribution in [2.75, 3.05) is 19.7 Å². The Morgan fingerprint density at radius 2 is 2.25 bits per heavy atom. The highest BCUT2D eigenvalue weighted by molar-refractivity contribution is 5.21. The molecule has 4 nitrogen and oxygen atoms in total. The summed E-state index contributed by atoms with van der Waals surface area (Å²) in [5, 5.41) is 3.52. The largest absolute Gasteiger partial charge is 0.373 e. The molecule has 1 unspecified atom stereocenters. The monoisotopic (exact) mass is 277 g/mol. The zero-order valence-corrected chi connectivity index (χ0v) is 12.8. The van der Waals surface area contributed by atoms with Crippen LogP contribution in [0.3, 0.4) is 0 Å². The van der Waals surface area contributed by atoms with Gasteiger partial charge in [-0.1, -0.05) is 13.8 Å². The molecule has 0 spiro atoms. The molecule has 1 N–H and O–H groups in total. The molecule has 0 aromatic carbocycles. The first-order valence-corrected chi connectivity index (χ1v) is 7.95. The van der Waals surface area contributed by atoms with E-state index in [4.69, 9.17) is 4.74 Å². The second-order valence-electron chi connectivity index (χ2n) is 5.62. The maximum absolute atomic E-state index is 5.51. The van der Waals surface area contributed by atoms with E-state index in [9.17, 15) is 0 Å². The number of ether oxygens (including phenoxy) is 1. The number of aromatic nitrogens is 2. The van der Waals surface area contributed by atoms with Crippen LogP contribution in [0.15, 0.2) is 6.20 Å². The molecule has 1 heterocycles. The van der Waals surface area contributed by atoms with Crippen molar-refractivity contribution >= 4 is 0 Å². The summed E-state index contributed by atoms with van der Waals surface area (Å²) in [6.07, 6.45) is 7.68. The molecule has 112 valence electrons. The van der Waals surface area contributed by atoms with Gasteiger partial charge in [-0.2, -0.15) is 0 Å². The first kappa shape index (κ1) is 15.4. The van der Waals surface area contributed by atoms with E-state index in [0.29, 0.717) is 6.61 Å². The lowest BCUT2D eigenvalue weighted by molar-refractivity contribution is 0.115. The van der Waals surface area contributed by atoms with Crippen molar-refractivity contribution in [3.8, 4) is 0 Å². The van der Waals surface area contributed by atoms with E-state index in [1.165, 1.54) is 24.1 Å². The highest BCUT2D eigenvalue weighted by Crippen LogP contribution is 2.23. The average molecular weight is 277 g/mol. The average Bonchev–Trinajstić information content (AvgIpc) is 2.48. The molecule has 1 aliphatic rings. The van der Waals surface area contributed by atoms with E-state index in [1.54, 1.807) is 0 Å². The van der Waals surface area contributed by atoms with Crippen LogP contribution in [0.4, 0.5) is 0 Å². The maximum Gasteiger partial charge on any atom is 0.154 e. The van der Waals surface area contributed by atoms with Crippen molar-refractivity contribution < 1.29 is 4.74 Å². The highest BCUT2D eigenvalue weighted by Gasteiger charge is 2.20. The molecule has 1 aromatic heterocycles. The highest BCUT2D eigenvalue weighted by atomic mass is 16.5. The molecule has 0 amide bonds. The van der Waals surface area contributed by atoms with Gasteiger partial charge in [0, 0.05) is 18.5 Å². The lowest BCUT2D eigenvalue weighted by atomic mass is 9.87. The predicted octanol–water partition coefficient (Wildman–Crippen LogP) is 2.51. The normalized spacial score (nSPS) is 18.0. The minimum atomic E-state index is 0.544. The van der Waals surface area contributed by atoms with Gasteiger partial charge in [-0.05, 0) is 56.7 Å². The number of aryl methyl sites for hydroxylation is 1. The number of fused-ring (bicyclic) bond motifs is 1. The molecule has 20 heavy (non-hydrogen) atoms. The van der Waals surface area contributed by atoms with E-state index in [1.807, 2.05) is 6.20 Å². The van der Waals surface area contributed by atoms with Crippen molar-refractivity contribution in [1.29, 1.82) is 0 Å². The fourth-order valence-electron chi connectivity index (χ4n) is 2.66. The minimum absolute atomic E-state index is 0.544. The standard InChI is InChI=1S/C16H27N3O/c1-3-7-17-10-13-5-6-15-14(9-13)11-18-16(19-15)12-20-8-4-2/h11,13,17H,3-10,12H2,1-2H3. The molecule has 0 aliphatic heterocycles. The lowest BCUT2D eigenvalue weighted by Crippen LogP contribution is -2.28. The Morgan fingerprint density at radius 1 is 1.35 bits per heavy atom. The summed E-state index contributed by atoms with van der Waals surface area (Å²) in [6, 6.07) is 0. The van der Waals surface area contributed by atoms with E-state index in [2.05, 4.69) is 29.1 Å². The van der Waals surface area contributed by atoms with E-state index < -0.39 is 0 Å². The molecule has 1 aromatic rings. The van der Waals surface area contributed by atoms with Crippen molar-refractivity contribution in [3.63, 3.8) is 0 Å². The van der Waals surface area contributed by atoms with Crippen LogP contribution in [0.1, 0.15) is 50.2 Å². The maximum atomic E-state index is 5.51. The summed E-state index contributed by atoms with van der Waals surface area (Å²) in [6.45, 7) is 7.88. The number of rotatable bonds is 8. The van der Waals surface area contributed by atoms with Crippen LogP contribution in [0.25, 0.3) is 0 Å². The van der Waals surface area contributed by atoms with Gasteiger partial charge >= 0.3 is 0 Å². The topological polar surface area (TPSA) is 47.0 Å². The van der Waals surface area contributed by atoms with Crippen LogP contribution in [-0.2, 0) is 24.2 Å². The summed E-state index contributed by atoms with van der Waals surface area (Å²) in [5.41, 5.74) is 2.57. The Kier molecular flexibility index (Phi) is 6.40. The number of nitrogens with one attached hydrogen (secondary N) is 1. The smallest absolute Gasteiger partial charge is 0.154 e. The third-order valence-electron chi connectivity index (χ3n) is 3.74. The molecular formula is C16H27N3O. The molecule has 1 aliphatic carbocycles. The number of nitrogens with zero attached hydrogens (tertiary/aromatic N) is 2. The summed E-state index contributed by atoms with van der Waals surface area (Å²) < 4.78 is 5.51. The van der Waals surface area contributed by atoms with E-state index >= 15 is 0 Å². The molecule has 4 heteroatoms. The zero-order valence-electron chi connectivity index (χ0n) is 12.8. The first-order valence-electron chi connectivity index (χ1n) is 7.95. The van der Waals surface area contributed by atoms with Crippen molar-refractivity contribution in [2.24, 2.45) is 5.92 Å². The van der Waals surface area contributed by atoms with Crippen molar-refractivity contribution in [2.45, 2.75) is 52.6 Å². The Morgan fingerprint density at radius 3 is 3.05 bits per heavy atom. The van der Waals surface area contributed by atoms with Crippen molar-refractivity contribution in [1.82, 2.24) is 15.3 Å². The van der Waals surface area contributed by atoms with Crippen LogP contribution >= 0.6 is 0 Å². The fraction of sp³-hybridized carbons (Fsp3) is 0.750. The summed E-state index contributed by atoms with van der Waals surface area (Å²) >= 11 is 0. The fourth-order valence-corrected chi connectivity index (χ4v) is 2.66.